The van der Waals surface area contributed by atoms with Crippen LogP contribution in [0.15, 0.2) is 39.9 Å². The van der Waals surface area contributed by atoms with Gasteiger partial charge in [0.1, 0.15) is 10.6 Å². The van der Waals surface area contributed by atoms with Gasteiger partial charge in [-0.25, -0.2) is 8.42 Å². The van der Waals surface area contributed by atoms with Gasteiger partial charge in [-0.05, 0) is 40.9 Å². The van der Waals surface area contributed by atoms with Gasteiger partial charge >= 0.3 is 0 Å². The molecule has 2 rings (SSSR count). The van der Waals surface area contributed by atoms with Crippen molar-refractivity contribution in [1.82, 2.24) is 0 Å². The topological polar surface area (TPSA) is 69.4 Å². The lowest BCUT2D eigenvalue weighted by molar-refractivity contribution is 0.403. The number of hydrogen-bond donors (Lipinski definition) is 1. The van der Waals surface area contributed by atoms with Crippen LogP contribution < -0.4 is 10.5 Å². The van der Waals surface area contributed by atoms with Gasteiger partial charge in [0.05, 0.1) is 12.9 Å². The van der Waals surface area contributed by atoms with Crippen molar-refractivity contribution in [3.63, 3.8) is 0 Å². The number of nitrogens with two attached hydrogens (primary N) is 1. The highest BCUT2D eigenvalue weighted by Crippen LogP contribution is 2.27. The molecule has 4 nitrogen and oxygen atoms in total. The maximum Gasteiger partial charge on any atom is 0.182 e. The number of sulfone groups is 1. The van der Waals surface area contributed by atoms with Gasteiger partial charge in [-0.3, -0.25) is 0 Å². The monoisotopic (exact) mass is 297 g/mol. The van der Waals surface area contributed by atoms with E-state index < -0.39 is 9.84 Å². The molecule has 1 aromatic carbocycles. The van der Waals surface area contributed by atoms with E-state index in [1.807, 2.05) is 16.8 Å². The number of benzene rings is 1. The number of rotatable bonds is 5. The zero-order chi connectivity index (χ0) is 13.9. The maximum atomic E-state index is 12.3. The van der Waals surface area contributed by atoms with E-state index in [0.29, 0.717) is 17.9 Å². The SMILES string of the molecule is COc1cc(N)ccc1S(=O)(=O)CCc1ccsc1. The smallest absolute Gasteiger partial charge is 0.182 e. The van der Waals surface area contributed by atoms with Crippen LogP contribution in [-0.2, 0) is 16.3 Å². The van der Waals surface area contributed by atoms with Gasteiger partial charge in [0.15, 0.2) is 9.84 Å². The minimum Gasteiger partial charge on any atom is -0.495 e. The molecular weight excluding hydrogens is 282 g/mol. The predicted octanol–water partition coefficient (Wildman–Crippen LogP) is 2.36. The zero-order valence-corrected chi connectivity index (χ0v) is 12.1. The van der Waals surface area contributed by atoms with E-state index >= 15 is 0 Å². The number of aryl methyl sites for hydroxylation is 1. The minimum atomic E-state index is -3.37. The minimum absolute atomic E-state index is 0.0595. The second-order valence-electron chi connectivity index (χ2n) is 4.11. The molecule has 2 aromatic rings. The van der Waals surface area contributed by atoms with Gasteiger partial charge < -0.3 is 10.5 Å². The first-order chi connectivity index (χ1) is 9.03. The Balaban J connectivity index is 2.24. The highest BCUT2D eigenvalue weighted by Gasteiger charge is 2.19. The van der Waals surface area contributed by atoms with E-state index in [1.165, 1.54) is 19.2 Å². The van der Waals surface area contributed by atoms with Crippen molar-refractivity contribution in [2.75, 3.05) is 18.6 Å². The molecule has 0 spiro atoms. The molecule has 0 atom stereocenters. The van der Waals surface area contributed by atoms with Gasteiger partial charge in [0.25, 0.3) is 0 Å². The largest absolute Gasteiger partial charge is 0.495 e. The molecule has 0 aliphatic heterocycles. The van der Waals surface area contributed by atoms with Crippen LogP contribution in [0.4, 0.5) is 5.69 Å². The molecule has 0 saturated heterocycles. The molecule has 6 heteroatoms. The van der Waals surface area contributed by atoms with Crippen molar-refractivity contribution in [3.05, 3.63) is 40.6 Å². The van der Waals surface area contributed by atoms with Crippen molar-refractivity contribution in [2.45, 2.75) is 11.3 Å². The van der Waals surface area contributed by atoms with Crippen LogP contribution in [0, 0.1) is 0 Å². The van der Waals surface area contributed by atoms with Crippen LogP contribution in [0.25, 0.3) is 0 Å². The molecule has 0 radical (unpaired) electrons. The van der Waals surface area contributed by atoms with E-state index in [1.54, 1.807) is 17.4 Å². The average molecular weight is 297 g/mol. The van der Waals surface area contributed by atoms with Crippen molar-refractivity contribution in [2.24, 2.45) is 0 Å². The molecule has 0 amide bonds. The Labute approximate surface area is 116 Å². The lowest BCUT2D eigenvalue weighted by Crippen LogP contribution is -2.10. The zero-order valence-electron chi connectivity index (χ0n) is 10.5. The summed E-state index contributed by atoms with van der Waals surface area (Å²) in [4.78, 5) is 0.194. The Kier molecular flexibility index (Phi) is 4.11. The summed E-state index contributed by atoms with van der Waals surface area (Å²) in [6.45, 7) is 0. The van der Waals surface area contributed by atoms with Crippen LogP contribution in [0.3, 0.4) is 0 Å². The number of nitrogen functional groups attached to an aromatic ring is 1. The number of thiophene rings is 1. The molecule has 0 aliphatic rings. The molecule has 0 aliphatic carbocycles. The Morgan fingerprint density at radius 3 is 2.74 bits per heavy atom. The summed E-state index contributed by atoms with van der Waals surface area (Å²) < 4.78 is 29.7. The summed E-state index contributed by atoms with van der Waals surface area (Å²) in [6.07, 6.45) is 0.499. The fourth-order valence-electron chi connectivity index (χ4n) is 1.74. The second-order valence-corrected chi connectivity index (χ2v) is 6.97. The van der Waals surface area contributed by atoms with Gasteiger partial charge in [0, 0.05) is 11.8 Å². The summed E-state index contributed by atoms with van der Waals surface area (Å²) in [5.74, 6) is 0.356. The van der Waals surface area contributed by atoms with Crippen molar-refractivity contribution in [1.29, 1.82) is 0 Å². The molecular formula is C13H15NO3S2. The van der Waals surface area contributed by atoms with Gasteiger partial charge in [-0.1, -0.05) is 0 Å². The van der Waals surface area contributed by atoms with E-state index in [0.717, 1.165) is 5.56 Å². The number of ether oxygens (including phenoxy) is 1. The normalized spacial score (nSPS) is 11.4. The number of anilines is 1. The third kappa shape index (κ3) is 3.27. The lowest BCUT2D eigenvalue weighted by atomic mass is 10.3. The van der Waals surface area contributed by atoms with Gasteiger partial charge in [0.2, 0.25) is 0 Å². The Hall–Kier alpha value is -1.53. The molecule has 102 valence electrons. The summed E-state index contributed by atoms with van der Waals surface area (Å²) in [6, 6.07) is 6.52. The summed E-state index contributed by atoms with van der Waals surface area (Å²) in [7, 11) is -1.93. The van der Waals surface area contributed by atoms with E-state index in [9.17, 15) is 8.42 Å². The molecule has 0 saturated carbocycles. The molecule has 0 fully saturated rings. The van der Waals surface area contributed by atoms with Gasteiger partial charge in [-0.2, -0.15) is 11.3 Å². The molecule has 1 heterocycles. The number of hydrogen-bond acceptors (Lipinski definition) is 5. The quantitative estimate of drug-likeness (QED) is 0.860. The van der Waals surface area contributed by atoms with Crippen LogP contribution in [0.2, 0.25) is 0 Å². The summed E-state index contributed by atoms with van der Waals surface area (Å²) in [5.41, 5.74) is 7.13. The second kappa shape index (κ2) is 5.63. The highest BCUT2D eigenvalue weighted by atomic mass is 32.2. The summed E-state index contributed by atoms with van der Waals surface area (Å²) in [5, 5.41) is 3.89. The summed E-state index contributed by atoms with van der Waals surface area (Å²) >= 11 is 1.56. The van der Waals surface area contributed by atoms with Gasteiger partial charge in [-0.15, -0.1) is 0 Å². The van der Waals surface area contributed by atoms with Crippen LogP contribution >= 0.6 is 11.3 Å². The predicted molar refractivity (Wildman–Crippen MR) is 77.5 cm³/mol. The molecule has 0 bridgehead atoms. The van der Waals surface area contributed by atoms with Crippen LogP contribution in [0.1, 0.15) is 5.56 Å². The van der Waals surface area contributed by atoms with E-state index in [2.05, 4.69) is 0 Å². The number of methoxy groups -OCH3 is 1. The fraction of sp³-hybridized carbons (Fsp3) is 0.231. The van der Waals surface area contributed by atoms with E-state index in [4.69, 9.17) is 10.5 Å². The molecule has 2 N–H and O–H groups in total. The molecule has 19 heavy (non-hydrogen) atoms. The highest BCUT2D eigenvalue weighted by molar-refractivity contribution is 7.91. The van der Waals surface area contributed by atoms with Crippen molar-refractivity contribution < 1.29 is 13.2 Å². The molecule has 1 aromatic heterocycles. The van der Waals surface area contributed by atoms with E-state index in [-0.39, 0.29) is 10.6 Å². The average Bonchev–Trinajstić information content (AvgIpc) is 2.89. The fourth-order valence-corrected chi connectivity index (χ4v) is 3.89. The van der Waals surface area contributed by atoms with Crippen molar-refractivity contribution >= 4 is 26.9 Å². The Bertz CT molecular complexity index is 649. The first-order valence-electron chi connectivity index (χ1n) is 5.70. The lowest BCUT2D eigenvalue weighted by Gasteiger charge is -2.10. The first kappa shape index (κ1) is 13.9. The third-order valence-corrected chi connectivity index (χ3v) is 5.24. The Morgan fingerprint density at radius 2 is 2.11 bits per heavy atom. The molecule has 0 unspecified atom stereocenters. The van der Waals surface area contributed by atoms with Crippen molar-refractivity contribution in [3.8, 4) is 5.75 Å². The van der Waals surface area contributed by atoms with Crippen LogP contribution in [-0.4, -0.2) is 21.3 Å². The Morgan fingerprint density at radius 1 is 1.32 bits per heavy atom. The standard InChI is InChI=1S/C13H15NO3S2/c1-17-12-8-11(14)2-3-13(12)19(15,16)7-5-10-4-6-18-9-10/h2-4,6,8-9H,5,7,14H2,1H3. The van der Waals surface area contributed by atoms with Crippen LogP contribution in [0.5, 0.6) is 5.75 Å². The first-order valence-corrected chi connectivity index (χ1v) is 8.30. The third-order valence-electron chi connectivity index (χ3n) is 2.76. The maximum absolute atomic E-state index is 12.3.